The van der Waals surface area contributed by atoms with Crippen LogP contribution >= 0.6 is 11.6 Å². The monoisotopic (exact) mass is 184 g/mol. The third-order valence-corrected chi connectivity index (χ3v) is 2.40. The Morgan fingerprint density at radius 2 is 1.83 bits per heavy atom. The molecule has 0 heterocycles. The van der Waals surface area contributed by atoms with Gasteiger partial charge in [-0.05, 0) is 43.5 Å². The van der Waals surface area contributed by atoms with Crippen LogP contribution in [0.5, 0.6) is 0 Å². The zero-order valence-corrected chi connectivity index (χ0v) is 8.31. The van der Waals surface area contributed by atoms with Crippen LogP contribution in [0.15, 0.2) is 12.1 Å². The molecule has 1 aromatic carbocycles. The van der Waals surface area contributed by atoms with Crippen LogP contribution < -0.4 is 0 Å². The molecule has 0 radical (unpaired) electrons. The molecule has 0 aliphatic carbocycles. The predicted octanol–water partition coefficient (Wildman–Crippen LogP) is 3.01. The van der Waals surface area contributed by atoms with E-state index < -0.39 is 6.10 Å². The summed E-state index contributed by atoms with van der Waals surface area (Å²) < 4.78 is 0. The van der Waals surface area contributed by atoms with E-state index in [-0.39, 0.29) is 0 Å². The Bertz CT molecular complexity index is 292. The van der Waals surface area contributed by atoms with Crippen molar-refractivity contribution >= 4 is 11.6 Å². The highest BCUT2D eigenvalue weighted by Crippen LogP contribution is 2.24. The molecular formula is C10H13ClO. The van der Waals surface area contributed by atoms with Gasteiger partial charge in [-0.2, -0.15) is 0 Å². The van der Waals surface area contributed by atoms with Crippen molar-refractivity contribution in [3.05, 3.63) is 33.8 Å². The molecular weight excluding hydrogens is 172 g/mol. The Labute approximate surface area is 78.0 Å². The topological polar surface area (TPSA) is 20.2 Å². The van der Waals surface area contributed by atoms with Crippen LogP contribution in [-0.4, -0.2) is 5.11 Å². The first-order valence-electron chi connectivity index (χ1n) is 3.97. The molecule has 0 saturated heterocycles. The largest absolute Gasteiger partial charge is 0.389 e. The van der Waals surface area contributed by atoms with Gasteiger partial charge in [-0.3, -0.25) is 0 Å². The molecule has 12 heavy (non-hydrogen) atoms. The average molecular weight is 185 g/mol. The number of benzene rings is 1. The Morgan fingerprint density at radius 3 is 2.33 bits per heavy atom. The van der Waals surface area contributed by atoms with Crippen molar-refractivity contribution < 1.29 is 5.11 Å². The number of hydrogen-bond donors (Lipinski definition) is 1. The molecule has 0 saturated carbocycles. The first kappa shape index (κ1) is 9.56. The lowest BCUT2D eigenvalue weighted by Gasteiger charge is -2.10. The van der Waals surface area contributed by atoms with E-state index in [9.17, 15) is 5.11 Å². The molecule has 1 nitrogen and oxygen atoms in total. The van der Waals surface area contributed by atoms with E-state index in [1.165, 1.54) is 0 Å². The number of aryl methyl sites for hydroxylation is 2. The molecule has 0 spiro atoms. The van der Waals surface area contributed by atoms with Gasteiger partial charge in [0.2, 0.25) is 0 Å². The normalized spacial score (nSPS) is 13.1. The molecule has 0 amide bonds. The highest BCUT2D eigenvalue weighted by molar-refractivity contribution is 6.31. The van der Waals surface area contributed by atoms with Crippen LogP contribution in [0.4, 0.5) is 0 Å². The van der Waals surface area contributed by atoms with Gasteiger partial charge in [0.25, 0.3) is 0 Å². The van der Waals surface area contributed by atoms with Crippen molar-refractivity contribution in [1.29, 1.82) is 0 Å². The van der Waals surface area contributed by atoms with Crippen molar-refractivity contribution in [3.8, 4) is 0 Å². The maximum absolute atomic E-state index is 9.38. The Morgan fingerprint density at radius 1 is 1.25 bits per heavy atom. The Hall–Kier alpha value is -0.530. The molecule has 1 atom stereocenters. The molecule has 0 bridgehead atoms. The summed E-state index contributed by atoms with van der Waals surface area (Å²) in [6, 6.07) is 3.82. The number of hydrogen-bond acceptors (Lipinski definition) is 1. The summed E-state index contributed by atoms with van der Waals surface area (Å²) in [7, 11) is 0. The molecule has 0 aliphatic heterocycles. The van der Waals surface area contributed by atoms with Crippen molar-refractivity contribution in [2.75, 3.05) is 0 Å². The van der Waals surface area contributed by atoms with Crippen LogP contribution in [0, 0.1) is 13.8 Å². The molecule has 0 aliphatic rings. The minimum atomic E-state index is -0.416. The lowest BCUT2D eigenvalue weighted by molar-refractivity contribution is 0.198. The molecule has 1 N–H and O–H groups in total. The molecule has 2 heteroatoms. The van der Waals surface area contributed by atoms with Crippen LogP contribution in [0.25, 0.3) is 0 Å². The van der Waals surface area contributed by atoms with Gasteiger partial charge >= 0.3 is 0 Å². The highest BCUT2D eigenvalue weighted by atomic mass is 35.5. The maximum atomic E-state index is 9.38. The third kappa shape index (κ3) is 1.79. The summed E-state index contributed by atoms with van der Waals surface area (Å²) in [6.07, 6.45) is -0.416. The number of aliphatic hydroxyl groups is 1. The zero-order valence-electron chi connectivity index (χ0n) is 7.56. The first-order chi connectivity index (χ1) is 5.52. The van der Waals surface area contributed by atoms with Crippen molar-refractivity contribution in [1.82, 2.24) is 0 Å². The Kier molecular flexibility index (Phi) is 2.76. The quantitative estimate of drug-likeness (QED) is 0.712. The molecule has 66 valence electrons. The minimum absolute atomic E-state index is 0.416. The standard InChI is InChI=1S/C10H13ClO/c1-6-5-10(11)7(2)4-9(6)8(3)12/h4-5,8,12H,1-3H3/t8-/m1/s1. The molecule has 1 rings (SSSR count). The lowest BCUT2D eigenvalue weighted by atomic mass is 10.0. The summed E-state index contributed by atoms with van der Waals surface area (Å²) in [5.41, 5.74) is 3.01. The van der Waals surface area contributed by atoms with Crippen molar-refractivity contribution in [2.24, 2.45) is 0 Å². The van der Waals surface area contributed by atoms with Gasteiger partial charge in [0.15, 0.2) is 0 Å². The second-order valence-corrected chi connectivity index (χ2v) is 3.54. The third-order valence-electron chi connectivity index (χ3n) is 2.00. The average Bonchev–Trinajstić information content (AvgIpc) is 1.96. The van der Waals surface area contributed by atoms with Crippen LogP contribution in [0.3, 0.4) is 0 Å². The van der Waals surface area contributed by atoms with E-state index in [4.69, 9.17) is 11.6 Å². The summed E-state index contributed by atoms with van der Waals surface area (Å²) in [6.45, 7) is 5.65. The van der Waals surface area contributed by atoms with Crippen LogP contribution in [0.1, 0.15) is 29.7 Å². The van der Waals surface area contributed by atoms with Gasteiger partial charge in [-0.1, -0.05) is 17.7 Å². The number of aliphatic hydroxyl groups excluding tert-OH is 1. The smallest absolute Gasteiger partial charge is 0.0764 e. The molecule has 0 unspecified atom stereocenters. The van der Waals surface area contributed by atoms with Gasteiger partial charge in [0, 0.05) is 5.02 Å². The van der Waals surface area contributed by atoms with E-state index in [1.807, 2.05) is 26.0 Å². The fraction of sp³-hybridized carbons (Fsp3) is 0.400. The van der Waals surface area contributed by atoms with Gasteiger partial charge in [-0.15, -0.1) is 0 Å². The number of halogens is 1. The van der Waals surface area contributed by atoms with Gasteiger partial charge in [0.05, 0.1) is 6.10 Å². The van der Waals surface area contributed by atoms with Crippen molar-refractivity contribution in [2.45, 2.75) is 26.9 Å². The first-order valence-corrected chi connectivity index (χ1v) is 4.35. The van der Waals surface area contributed by atoms with Gasteiger partial charge in [-0.25, -0.2) is 0 Å². The summed E-state index contributed by atoms with van der Waals surface area (Å²) >= 11 is 5.91. The lowest BCUT2D eigenvalue weighted by Crippen LogP contribution is -1.95. The Balaban J connectivity index is 3.23. The predicted molar refractivity (Wildman–Crippen MR) is 51.6 cm³/mol. The molecule has 0 aromatic heterocycles. The summed E-state index contributed by atoms with van der Waals surface area (Å²) in [4.78, 5) is 0. The second kappa shape index (κ2) is 3.46. The SMILES string of the molecule is Cc1cc([C@@H](C)O)c(C)cc1Cl. The van der Waals surface area contributed by atoms with E-state index in [2.05, 4.69) is 0 Å². The van der Waals surface area contributed by atoms with E-state index in [0.29, 0.717) is 0 Å². The summed E-state index contributed by atoms with van der Waals surface area (Å²) in [5.74, 6) is 0. The highest BCUT2D eigenvalue weighted by Gasteiger charge is 2.06. The minimum Gasteiger partial charge on any atom is -0.389 e. The van der Waals surface area contributed by atoms with Crippen LogP contribution in [-0.2, 0) is 0 Å². The van der Waals surface area contributed by atoms with Crippen LogP contribution in [0.2, 0.25) is 5.02 Å². The van der Waals surface area contributed by atoms with Gasteiger partial charge < -0.3 is 5.11 Å². The number of rotatable bonds is 1. The zero-order chi connectivity index (χ0) is 9.30. The summed E-state index contributed by atoms with van der Waals surface area (Å²) in [5, 5.41) is 10.1. The fourth-order valence-electron chi connectivity index (χ4n) is 1.25. The van der Waals surface area contributed by atoms with E-state index in [1.54, 1.807) is 6.92 Å². The molecule has 0 fully saturated rings. The maximum Gasteiger partial charge on any atom is 0.0764 e. The van der Waals surface area contributed by atoms with Crippen molar-refractivity contribution in [3.63, 3.8) is 0 Å². The van der Waals surface area contributed by atoms with E-state index >= 15 is 0 Å². The fourth-order valence-corrected chi connectivity index (χ4v) is 1.47. The molecule has 1 aromatic rings. The van der Waals surface area contributed by atoms with E-state index in [0.717, 1.165) is 21.7 Å². The second-order valence-electron chi connectivity index (χ2n) is 3.13. The van der Waals surface area contributed by atoms with Gasteiger partial charge in [0.1, 0.15) is 0 Å².